The summed E-state index contributed by atoms with van der Waals surface area (Å²) < 4.78 is 36.5. The number of alkyl halides is 3. The molecule has 0 aliphatic heterocycles. The van der Waals surface area contributed by atoms with Crippen molar-refractivity contribution in [2.24, 2.45) is 5.84 Å². The van der Waals surface area contributed by atoms with E-state index in [-0.39, 0.29) is 16.7 Å². The first kappa shape index (κ1) is 12.5. The van der Waals surface area contributed by atoms with Crippen molar-refractivity contribution >= 4 is 29.2 Å². The summed E-state index contributed by atoms with van der Waals surface area (Å²) in [6.07, 6.45) is 1.72. The third-order valence-electron chi connectivity index (χ3n) is 1.56. The van der Waals surface area contributed by atoms with Gasteiger partial charge in [0.1, 0.15) is 0 Å². The van der Waals surface area contributed by atoms with E-state index in [1.165, 1.54) is 23.9 Å². The van der Waals surface area contributed by atoms with E-state index in [9.17, 15) is 13.2 Å². The maximum atomic E-state index is 12.2. The average molecular weight is 254 g/mol. The number of halogens is 3. The molecule has 0 spiro atoms. The van der Waals surface area contributed by atoms with Crippen LogP contribution in [-0.4, -0.2) is 11.8 Å². The Labute approximate surface area is 93.8 Å². The quantitative estimate of drug-likeness (QED) is 0.493. The summed E-state index contributed by atoms with van der Waals surface area (Å²) in [4.78, 5) is 0.738. The smallest absolute Gasteiger partial charge is 0.324 e. The van der Waals surface area contributed by atoms with Crippen LogP contribution in [0.5, 0.6) is 0 Å². The molecule has 1 rings (SSSR count). The number of benzene rings is 1. The van der Waals surface area contributed by atoms with E-state index in [2.05, 4.69) is 5.43 Å². The number of thioether (sulfide) groups is 2. The highest BCUT2D eigenvalue weighted by atomic mass is 32.2. The van der Waals surface area contributed by atoms with Crippen molar-refractivity contribution in [1.29, 1.82) is 0 Å². The molecule has 84 valence electrons. The molecule has 0 radical (unpaired) electrons. The minimum atomic E-state index is -4.26. The Balaban J connectivity index is 2.97. The van der Waals surface area contributed by atoms with Gasteiger partial charge in [0, 0.05) is 15.5 Å². The van der Waals surface area contributed by atoms with E-state index in [1.54, 1.807) is 12.3 Å². The highest BCUT2D eigenvalue weighted by Gasteiger charge is 2.30. The van der Waals surface area contributed by atoms with Gasteiger partial charge in [0.25, 0.3) is 0 Å². The van der Waals surface area contributed by atoms with E-state index in [0.717, 1.165) is 0 Å². The summed E-state index contributed by atoms with van der Waals surface area (Å²) in [6, 6.07) is 4.49. The molecule has 0 aromatic heterocycles. The maximum Gasteiger partial charge on any atom is 0.446 e. The lowest BCUT2D eigenvalue weighted by molar-refractivity contribution is -0.0328. The number of nitrogens with two attached hydrogens (primary N) is 1. The molecule has 0 heterocycles. The third-order valence-corrected chi connectivity index (χ3v) is 3.27. The van der Waals surface area contributed by atoms with Gasteiger partial charge in [-0.2, -0.15) is 13.2 Å². The molecule has 7 heteroatoms. The van der Waals surface area contributed by atoms with Gasteiger partial charge in [0.15, 0.2) is 0 Å². The molecule has 0 fully saturated rings. The lowest BCUT2D eigenvalue weighted by Gasteiger charge is -2.10. The predicted octanol–water partition coefficient (Wildman–Crippen LogP) is 3.31. The highest BCUT2D eigenvalue weighted by molar-refractivity contribution is 8.02. The van der Waals surface area contributed by atoms with Crippen LogP contribution in [0.4, 0.5) is 18.9 Å². The number of hydrazine groups is 1. The Morgan fingerprint density at radius 2 is 1.93 bits per heavy atom. The summed E-state index contributed by atoms with van der Waals surface area (Å²) in [5, 5.41) is 0. The van der Waals surface area contributed by atoms with Crippen LogP contribution in [0.2, 0.25) is 0 Å². The fourth-order valence-electron chi connectivity index (χ4n) is 0.966. The van der Waals surface area contributed by atoms with Crippen molar-refractivity contribution < 1.29 is 13.2 Å². The molecule has 0 saturated heterocycles. The van der Waals surface area contributed by atoms with Crippen molar-refractivity contribution in [1.82, 2.24) is 0 Å². The maximum absolute atomic E-state index is 12.2. The number of anilines is 1. The Morgan fingerprint density at radius 1 is 1.27 bits per heavy atom. The van der Waals surface area contributed by atoms with Gasteiger partial charge >= 0.3 is 5.51 Å². The summed E-state index contributed by atoms with van der Waals surface area (Å²) in [6.45, 7) is 0. The number of hydrogen-bond donors (Lipinski definition) is 2. The Hall–Kier alpha value is -0.530. The Kier molecular flexibility index (Phi) is 4.18. The first-order valence-corrected chi connectivity index (χ1v) is 5.91. The molecule has 0 atom stereocenters. The van der Waals surface area contributed by atoms with Gasteiger partial charge in [-0.1, -0.05) is 0 Å². The topological polar surface area (TPSA) is 38.0 Å². The van der Waals surface area contributed by atoms with Gasteiger partial charge in [0.2, 0.25) is 0 Å². The molecule has 3 N–H and O–H groups in total. The van der Waals surface area contributed by atoms with Gasteiger partial charge in [-0.15, -0.1) is 11.8 Å². The molecule has 15 heavy (non-hydrogen) atoms. The van der Waals surface area contributed by atoms with E-state index in [0.29, 0.717) is 10.6 Å². The summed E-state index contributed by atoms with van der Waals surface area (Å²) in [7, 11) is 0. The summed E-state index contributed by atoms with van der Waals surface area (Å²) >= 11 is 1.13. The number of hydrogen-bond acceptors (Lipinski definition) is 4. The zero-order chi connectivity index (χ0) is 11.5. The molecule has 1 aromatic rings. The average Bonchev–Trinajstić information content (AvgIpc) is 2.16. The monoisotopic (exact) mass is 254 g/mol. The van der Waals surface area contributed by atoms with Crippen LogP contribution >= 0.6 is 23.5 Å². The number of rotatable bonds is 3. The van der Waals surface area contributed by atoms with Crippen LogP contribution in [0.1, 0.15) is 0 Å². The van der Waals surface area contributed by atoms with Crippen LogP contribution in [0.15, 0.2) is 28.0 Å². The second-order valence-corrected chi connectivity index (χ2v) is 4.51. The first-order valence-electron chi connectivity index (χ1n) is 3.86. The van der Waals surface area contributed by atoms with Crippen LogP contribution in [-0.2, 0) is 0 Å². The largest absolute Gasteiger partial charge is 0.446 e. The second kappa shape index (κ2) is 5.00. The van der Waals surface area contributed by atoms with Gasteiger partial charge in [-0.05, 0) is 36.2 Å². The van der Waals surface area contributed by atoms with Gasteiger partial charge in [-0.3, -0.25) is 5.84 Å². The van der Waals surface area contributed by atoms with Crippen LogP contribution < -0.4 is 11.3 Å². The minimum Gasteiger partial charge on any atom is -0.324 e. The molecule has 0 bridgehead atoms. The lowest BCUT2D eigenvalue weighted by Crippen LogP contribution is -2.07. The number of nitrogens with one attached hydrogen (secondary N) is 1. The minimum absolute atomic E-state index is 0.118. The van der Waals surface area contributed by atoms with Crippen molar-refractivity contribution in [3.63, 3.8) is 0 Å². The molecule has 0 amide bonds. The predicted molar refractivity (Wildman–Crippen MR) is 57.9 cm³/mol. The zero-order valence-corrected chi connectivity index (χ0v) is 9.39. The van der Waals surface area contributed by atoms with Gasteiger partial charge in [-0.25, -0.2) is 0 Å². The van der Waals surface area contributed by atoms with Gasteiger partial charge in [0.05, 0.1) is 0 Å². The Bertz CT molecular complexity index is 341. The fraction of sp³-hybridized carbons (Fsp3) is 0.250. The van der Waals surface area contributed by atoms with Crippen LogP contribution in [0, 0.1) is 0 Å². The highest BCUT2D eigenvalue weighted by Crippen LogP contribution is 2.41. The summed E-state index contributed by atoms with van der Waals surface area (Å²) in [5.74, 6) is 5.16. The van der Waals surface area contributed by atoms with Crippen molar-refractivity contribution in [2.45, 2.75) is 15.3 Å². The van der Waals surface area contributed by atoms with Crippen LogP contribution in [0.25, 0.3) is 0 Å². The normalized spacial score (nSPS) is 11.5. The Morgan fingerprint density at radius 3 is 2.40 bits per heavy atom. The van der Waals surface area contributed by atoms with E-state index >= 15 is 0 Å². The molecular weight excluding hydrogens is 245 g/mol. The molecule has 0 aliphatic rings. The van der Waals surface area contributed by atoms with Crippen molar-refractivity contribution in [2.75, 3.05) is 11.7 Å². The fourth-order valence-corrected chi connectivity index (χ4v) is 2.40. The lowest BCUT2D eigenvalue weighted by atomic mass is 10.3. The van der Waals surface area contributed by atoms with Crippen molar-refractivity contribution in [3.05, 3.63) is 18.2 Å². The first-order chi connectivity index (χ1) is 6.96. The van der Waals surface area contributed by atoms with E-state index < -0.39 is 5.51 Å². The zero-order valence-electron chi connectivity index (χ0n) is 7.76. The molecule has 0 saturated carbocycles. The molecule has 2 nitrogen and oxygen atoms in total. The molecular formula is C8H9F3N2S2. The molecule has 1 aromatic carbocycles. The van der Waals surface area contributed by atoms with E-state index in [4.69, 9.17) is 5.84 Å². The number of nitrogen functional groups attached to an aromatic ring is 1. The van der Waals surface area contributed by atoms with Crippen LogP contribution in [0.3, 0.4) is 0 Å². The second-order valence-electron chi connectivity index (χ2n) is 2.56. The standard InChI is InChI=1S/C8H9F3N2S2/c1-14-7-4-5(13-12)2-3-6(7)15-8(9,10)11/h2-4,13H,12H2,1H3. The summed E-state index contributed by atoms with van der Waals surface area (Å²) in [5.41, 5.74) is -1.29. The third kappa shape index (κ3) is 3.84. The van der Waals surface area contributed by atoms with Gasteiger partial charge < -0.3 is 5.43 Å². The molecule has 0 aliphatic carbocycles. The van der Waals surface area contributed by atoms with E-state index in [1.807, 2.05) is 0 Å². The SMILES string of the molecule is CSc1cc(NN)ccc1SC(F)(F)F. The van der Waals surface area contributed by atoms with Crippen molar-refractivity contribution in [3.8, 4) is 0 Å². The molecule has 0 unspecified atom stereocenters.